The van der Waals surface area contributed by atoms with E-state index in [4.69, 9.17) is 9.47 Å². The highest BCUT2D eigenvalue weighted by Crippen LogP contribution is 2.23. The molecule has 2 aromatic rings. The molecule has 1 heterocycles. The summed E-state index contributed by atoms with van der Waals surface area (Å²) in [5.41, 5.74) is 1.89. The fourth-order valence-corrected chi connectivity index (χ4v) is 3.23. The number of aliphatic hydroxyl groups is 2. The molecular weight excluding hydrogens is 346 g/mol. The monoisotopic (exact) mass is 371 g/mol. The Bertz CT molecular complexity index is 709. The lowest BCUT2D eigenvalue weighted by molar-refractivity contribution is -0.116. The Kier molecular flexibility index (Phi) is 6.81. The van der Waals surface area contributed by atoms with Crippen LogP contribution in [0.5, 0.6) is 0 Å². The van der Waals surface area contributed by atoms with Gasteiger partial charge in [-0.1, -0.05) is 60.7 Å². The SMILES string of the molecule is O=C(OCc1ccccc1)N1CC[C@@H](OCc2ccccc2)[C@@H](O)[C@H]1CO. The second kappa shape index (κ2) is 9.50. The minimum atomic E-state index is -0.975. The number of rotatable bonds is 6. The molecule has 3 atom stereocenters. The Labute approximate surface area is 159 Å². The molecule has 0 saturated carbocycles. The van der Waals surface area contributed by atoms with Gasteiger partial charge >= 0.3 is 6.09 Å². The molecule has 1 amide bonds. The van der Waals surface area contributed by atoms with Crippen LogP contribution in [0.1, 0.15) is 17.5 Å². The summed E-state index contributed by atoms with van der Waals surface area (Å²) in [7, 11) is 0. The van der Waals surface area contributed by atoms with Crippen LogP contribution in [-0.4, -0.2) is 52.6 Å². The number of benzene rings is 2. The van der Waals surface area contributed by atoms with Gasteiger partial charge in [-0.15, -0.1) is 0 Å². The third kappa shape index (κ3) is 5.07. The molecule has 1 fully saturated rings. The highest BCUT2D eigenvalue weighted by molar-refractivity contribution is 5.68. The molecule has 0 spiro atoms. The van der Waals surface area contributed by atoms with Gasteiger partial charge in [0.2, 0.25) is 0 Å². The predicted octanol–water partition coefficient (Wildman–Crippen LogP) is 2.34. The number of hydrogen-bond donors (Lipinski definition) is 2. The number of carbonyl (C=O) groups excluding carboxylic acids is 1. The zero-order chi connectivity index (χ0) is 19.1. The first-order chi connectivity index (χ1) is 13.2. The third-order valence-corrected chi connectivity index (χ3v) is 4.76. The van der Waals surface area contributed by atoms with Gasteiger partial charge in [-0.25, -0.2) is 4.79 Å². The van der Waals surface area contributed by atoms with Gasteiger partial charge in [0.05, 0.1) is 25.4 Å². The highest BCUT2D eigenvalue weighted by atomic mass is 16.6. The molecule has 0 aliphatic carbocycles. The largest absolute Gasteiger partial charge is 0.445 e. The van der Waals surface area contributed by atoms with Crippen LogP contribution in [0.2, 0.25) is 0 Å². The second-order valence-electron chi connectivity index (χ2n) is 6.60. The normalized spacial score (nSPS) is 22.4. The maximum Gasteiger partial charge on any atom is 0.410 e. The number of likely N-dealkylation sites (tertiary alicyclic amines) is 1. The van der Waals surface area contributed by atoms with Crippen molar-refractivity contribution in [1.82, 2.24) is 4.90 Å². The number of carbonyl (C=O) groups is 1. The van der Waals surface area contributed by atoms with Gasteiger partial charge in [-0.2, -0.15) is 0 Å². The molecule has 0 aromatic heterocycles. The Balaban J connectivity index is 1.55. The smallest absolute Gasteiger partial charge is 0.410 e. The van der Waals surface area contributed by atoms with Crippen molar-refractivity contribution in [1.29, 1.82) is 0 Å². The van der Waals surface area contributed by atoms with Crippen molar-refractivity contribution in [2.75, 3.05) is 13.2 Å². The molecule has 1 aliphatic rings. The molecule has 2 N–H and O–H groups in total. The van der Waals surface area contributed by atoms with Crippen molar-refractivity contribution in [2.24, 2.45) is 0 Å². The van der Waals surface area contributed by atoms with Crippen molar-refractivity contribution in [2.45, 2.75) is 37.9 Å². The Morgan fingerprint density at radius 2 is 1.59 bits per heavy atom. The molecule has 144 valence electrons. The fraction of sp³-hybridized carbons (Fsp3) is 0.381. The van der Waals surface area contributed by atoms with E-state index in [1.54, 1.807) is 0 Å². The van der Waals surface area contributed by atoms with Crippen molar-refractivity contribution in [3.8, 4) is 0 Å². The van der Waals surface area contributed by atoms with Crippen LogP contribution in [0.3, 0.4) is 0 Å². The number of piperidine rings is 1. The summed E-state index contributed by atoms with van der Waals surface area (Å²) in [6.45, 7) is 0.527. The van der Waals surface area contributed by atoms with E-state index in [1.165, 1.54) is 4.90 Å². The molecule has 0 bridgehead atoms. The molecule has 6 heteroatoms. The highest BCUT2D eigenvalue weighted by Gasteiger charge is 2.40. The van der Waals surface area contributed by atoms with Crippen LogP contribution in [0.25, 0.3) is 0 Å². The fourth-order valence-electron chi connectivity index (χ4n) is 3.23. The maximum atomic E-state index is 12.4. The van der Waals surface area contributed by atoms with E-state index in [0.29, 0.717) is 19.6 Å². The Hall–Kier alpha value is -2.41. The van der Waals surface area contributed by atoms with E-state index in [-0.39, 0.29) is 13.2 Å². The van der Waals surface area contributed by atoms with Gasteiger partial charge in [-0.3, -0.25) is 0 Å². The summed E-state index contributed by atoms with van der Waals surface area (Å²) < 4.78 is 11.2. The maximum absolute atomic E-state index is 12.4. The summed E-state index contributed by atoms with van der Waals surface area (Å²) in [6, 6.07) is 18.3. The van der Waals surface area contributed by atoms with Gasteiger partial charge in [0, 0.05) is 6.54 Å². The standard InChI is InChI=1S/C21H25NO5/c23-13-18-20(24)19(26-14-16-7-3-1-4-8-16)11-12-22(18)21(25)27-15-17-9-5-2-6-10-17/h1-10,18-20,23-24H,11-15H2/t18-,19-,20+/m1/s1. The molecule has 2 aromatic carbocycles. The third-order valence-electron chi connectivity index (χ3n) is 4.76. The van der Waals surface area contributed by atoms with Crippen LogP contribution in [-0.2, 0) is 22.7 Å². The summed E-state index contributed by atoms with van der Waals surface area (Å²) >= 11 is 0. The molecule has 0 unspecified atom stereocenters. The van der Waals surface area contributed by atoms with Crippen LogP contribution in [0, 0.1) is 0 Å². The lowest BCUT2D eigenvalue weighted by Crippen LogP contribution is -2.58. The van der Waals surface area contributed by atoms with Crippen LogP contribution < -0.4 is 0 Å². The molecular formula is C21H25NO5. The minimum absolute atomic E-state index is 0.151. The zero-order valence-electron chi connectivity index (χ0n) is 15.1. The van der Waals surface area contributed by atoms with E-state index in [9.17, 15) is 15.0 Å². The molecule has 1 aliphatic heterocycles. The summed E-state index contributed by atoms with van der Waals surface area (Å²) in [6.07, 6.45) is -1.49. The van der Waals surface area contributed by atoms with Crippen molar-refractivity contribution < 1.29 is 24.5 Å². The van der Waals surface area contributed by atoms with E-state index < -0.39 is 24.3 Å². The van der Waals surface area contributed by atoms with Gasteiger partial charge < -0.3 is 24.6 Å². The van der Waals surface area contributed by atoms with E-state index in [0.717, 1.165) is 11.1 Å². The lowest BCUT2D eigenvalue weighted by Gasteiger charge is -2.41. The zero-order valence-corrected chi connectivity index (χ0v) is 15.1. The van der Waals surface area contributed by atoms with E-state index in [1.807, 2.05) is 60.7 Å². The van der Waals surface area contributed by atoms with Gasteiger partial charge in [0.1, 0.15) is 12.7 Å². The van der Waals surface area contributed by atoms with Gasteiger partial charge in [0.25, 0.3) is 0 Å². The average molecular weight is 371 g/mol. The molecule has 1 saturated heterocycles. The van der Waals surface area contributed by atoms with E-state index in [2.05, 4.69) is 0 Å². The molecule has 0 radical (unpaired) electrons. The minimum Gasteiger partial charge on any atom is -0.445 e. The first kappa shape index (κ1) is 19.4. The van der Waals surface area contributed by atoms with Crippen molar-refractivity contribution >= 4 is 6.09 Å². The average Bonchev–Trinajstić information content (AvgIpc) is 2.72. The summed E-state index contributed by atoms with van der Waals surface area (Å²) in [4.78, 5) is 13.8. The van der Waals surface area contributed by atoms with Crippen molar-refractivity contribution in [3.05, 3.63) is 71.8 Å². The number of aliphatic hydroxyl groups excluding tert-OH is 2. The van der Waals surface area contributed by atoms with Gasteiger partial charge in [-0.05, 0) is 17.5 Å². The van der Waals surface area contributed by atoms with E-state index >= 15 is 0 Å². The number of hydrogen-bond acceptors (Lipinski definition) is 5. The number of ether oxygens (including phenoxy) is 2. The van der Waals surface area contributed by atoms with Crippen molar-refractivity contribution in [3.63, 3.8) is 0 Å². The number of amides is 1. The predicted molar refractivity (Wildman–Crippen MR) is 99.8 cm³/mol. The lowest BCUT2D eigenvalue weighted by atomic mass is 9.96. The van der Waals surface area contributed by atoms with Crippen LogP contribution in [0.4, 0.5) is 4.79 Å². The van der Waals surface area contributed by atoms with Crippen LogP contribution >= 0.6 is 0 Å². The second-order valence-corrected chi connectivity index (χ2v) is 6.60. The quantitative estimate of drug-likeness (QED) is 0.815. The number of nitrogens with zero attached hydrogens (tertiary/aromatic N) is 1. The Morgan fingerprint density at radius 1 is 1.00 bits per heavy atom. The Morgan fingerprint density at radius 3 is 2.19 bits per heavy atom. The molecule has 3 rings (SSSR count). The topological polar surface area (TPSA) is 79.2 Å². The first-order valence-electron chi connectivity index (χ1n) is 9.11. The summed E-state index contributed by atoms with van der Waals surface area (Å²) in [5, 5.41) is 20.3. The molecule has 6 nitrogen and oxygen atoms in total. The molecule has 27 heavy (non-hydrogen) atoms. The summed E-state index contributed by atoms with van der Waals surface area (Å²) in [5.74, 6) is 0. The first-order valence-corrected chi connectivity index (χ1v) is 9.11. The van der Waals surface area contributed by atoms with Crippen LogP contribution in [0.15, 0.2) is 60.7 Å². The van der Waals surface area contributed by atoms with Gasteiger partial charge in [0.15, 0.2) is 0 Å².